The summed E-state index contributed by atoms with van der Waals surface area (Å²) in [7, 11) is 0. The molecule has 0 aliphatic carbocycles. The van der Waals surface area contributed by atoms with E-state index in [1.54, 1.807) is 30.3 Å². The second kappa shape index (κ2) is 6.31. The van der Waals surface area contributed by atoms with Crippen LogP contribution in [-0.2, 0) is 0 Å². The topological polar surface area (TPSA) is 54.4 Å². The fourth-order valence-corrected chi connectivity index (χ4v) is 1.63. The number of hydrogen-bond acceptors (Lipinski definition) is 3. The van der Waals surface area contributed by atoms with Crippen molar-refractivity contribution in [2.75, 3.05) is 0 Å². The number of rotatable bonds is 3. The van der Waals surface area contributed by atoms with Crippen LogP contribution in [0.1, 0.15) is 15.9 Å². The first-order valence-electron chi connectivity index (χ1n) is 5.35. The molecule has 1 heterocycles. The van der Waals surface area contributed by atoms with Gasteiger partial charge in [0.05, 0.1) is 16.3 Å². The molecule has 1 aromatic heterocycles. The molecule has 0 aliphatic heterocycles. The van der Waals surface area contributed by atoms with E-state index in [9.17, 15) is 4.79 Å². The molecule has 1 aromatic carbocycles. The number of hydrazone groups is 1. The van der Waals surface area contributed by atoms with Crippen molar-refractivity contribution in [3.05, 3.63) is 63.9 Å². The SMILES string of the molecule is O=C(N/N=C/c1ccc(Cl)c(Cl)c1)c1ccncc1. The summed E-state index contributed by atoms with van der Waals surface area (Å²) in [5.74, 6) is -0.307. The van der Waals surface area contributed by atoms with Crippen LogP contribution in [0.25, 0.3) is 0 Å². The zero-order valence-corrected chi connectivity index (χ0v) is 11.2. The van der Waals surface area contributed by atoms with Gasteiger partial charge in [0.15, 0.2) is 0 Å². The fourth-order valence-electron chi connectivity index (χ4n) is 1.33. The fraction of sp³-hybridized carbons (Fsp3) is 0. The minimum atomic E-state index is -0.307. The standard InChI is InChI=1S/C13H9Cl2N3O/c14-11-2-1-9(7-12(11)15)8-17-18-13(19)10-3-5-16-6-4-10/h1-8H,(H,18,19)/b17-8+. The molecule has 1 amide bonds. The molecule has 2 rings (SSSR count). The molecule has 6 heteroatoms. The van der Waals surface area contributed by atoms with Gasteiger partial charge in [-0.05, 0) is 29.8 Å². The number of aromatic nitrogens is 1. The molecule has 4 nitrogen and oxygen atoms in total. The molecule has 0 unspecified atom stereocenters. The van der Waals surface area contributed by atoms with E-state index in [0.29, 0.717) is 15.6 Å². The third-order valence-corrected chi connectivity index (χ3v) is 3.00. The van der Waals surface area contributed by atoms with Gasteiger partial charge in [0, 0.05) is 18.0 Å². The molecule has 1 N–H and O–H groups in total. The smallest absolute Gasteiger partial charge is 0.267 e. The van der Waals surface area contributed by atoms with Gasteiger partial charge in [0.25, 0.3) is 5.91 Å². The number of benzene rings is 1. The number of nitrogens with zero attached hydrogens (tertiary/aromatic N) is 2. The van der Waals surface area contributed by atoms with E-state index in [1.807, 2.05) is 0 Å². The van der Waals surface area contributed by atoms with Crippen molar-refractivity contribution in [2.24, 2.45) is 5.10 Å². The van der Waals surface area contributed by atoms with Gasteiger partial charge in [-0.25, -0.2) is 5.43 Å². The van der Waals surface area contributed by atoms with Gasteiger partial charge in [-0.2, -0.15) is 5.10 Å². The lowest BCUT2D eigenvalue weighted by Gasteiger charge is -1.99. The molecule has 0 radical (unpaired) electrons. The molecule has 0 saturated heterocycles. The quantitative estimate of drug-likeness (QED) is 0.698. The minimum Gasteiger partial charge on any atom is -0.267 e. The number of halogens is 2. The third kappa shape index (κ3) is 3.77. The lowest BCUT2D eigenvalue weighted by Crippen LogP contribution is -2.17. The van der Waals surface area contributed by atoms with Crippen LogP contribution in [0.15, 0.2) is 47.8 Å². The average molecular weight is 294 g/mol. The van der Waals surface area contributed by atoms with Gasteiger partial charge < -0.3 is 0 Å². The predicted octanol–water partition coefficient (Wildman–Crippen LogP) is 3.15. The normalized spacial score (nSPS) is 10.6. The molecular formula is C13H9Cl2N3O. The molecule has 0 atom stereocenters. The van der Waals surface area contributed by atoms with E-state index < -0.39 is 0 Å². The van der Waals surface area contributed by atoms with Crippen molar-refractivity contribution < 1.29 is 4.79 Å². The molecule has 0 aliphatic rings. The first-order valence-corrected chi connectivity index (χ1v) is 6.11. The summed E-state index contributed by atoms with van der Waals surface area (Å²) >= 11 is 11.7. The van der Waals surface area contributed by atoms with Crippen molar-refractivity contribution in [1.29, 1.82) is 0 Å². The summed E-state index contributed by atoms with van der Waals surface area (Å²) in [6.07, 6.45) is 4.57. The van der Waals surface area contributed by atoms with Crippen LogP contribution in [-0.4, -0.2) is 17.1 Å². The maximum Gasteiger partial charge on any atom is 0.271 e. The van der Waals surface area contributed by atoms with Gasteiger partial charge in [-0.15, -0.1) is 0 Å². The lowest BCUT2D eigenvalue weighted by atomic mass is 10.2. The van der Waals surface area contributed by atoms with E-state index >= 15 is 0 Å². The molecule has 0 saturated carbocycles. The Morgan fingerprint density at radius 2 is 1.89 bits per heavy atom. The second-order valence-electron chi connectivity index (χ2n) is 3.61. The van der Waals surface area contributed by atoms with Crippen LogP contribution in [0.4, 0.5) is 0 Å². The number of hydrogen-bond donors (Lipinski definition) is 1. The van der Waals surface area contributed by atoms with Crippen LogP contribution in [0.3, 0.4) is 0 Å². The first-order chi connectivity index (χ1) is 9.16. The number of carbonyl (C=O) groups excluding carboxylic acids is 1. The summed E-state index contributed by atoms with van der Waals surface area (Å²) in [5.41, 5.74) is 3.64. The van der Waals surface area contributed by atoms with Gasteiger partial charge in [0.1, 0.15) is 0 Å². The largest absolute Gasteiger partial charge is 0.271 e. The number of carbonyl (C=O) groups is 1. The highest BCUT2D eigenvalue weighted by Gasteiger charge is 2.02. The van der Waals surface area contributed by atoms with Crippen molar-refractivity contribution >= 4 is 35.3 Å². The van der Waals surface area contributed by atoms with E-state index in [4.69, 9.17) is 23.2 Å². The van der Waals surface area contributed by atoms with Crippen LogP contribution >= 0.6 is 23.2 Å². The van der Waals surface area contributed by atoms with Crippen molar-refractivity contribution in [1.82, 2.24) is 10.4 Å². The number of nitrogens with one attached hydrogen (secondary N) is 1. The first kappa shape index (κ1) is 13.5. The molecule has 96 valence electrons. The third-order valence-electron chi connectivity index (χ3n) is 2.27. The Balaban J connectivity index is 2.00. The Bertz CT molecular complexity index is 615. The molecule has 0 spiro atoms. The monoisotopic (exact) mass is 293 g/mol. The lowest BCUT2D eigenvalue weighted by molar-refractivity contribution is 0.0955. The maximum absolute atomic E-state index is 11.7. The number of pyridine rings is 1. The van der Waals surface area contributed by atoms with E-state index in [0.717, 1.165) is 5.56 Å². The van der Waals surface area contributed by atoms with Gasteiger partial charge in [0.2, 0.25) is 0 Å². The van der Waals surface area contributed by atoms with Gasteiger partial charge >= 0.3 is 0 Å². The minimum absolute atomic E-state index is 0.307. The second-order valence-corrected chi connectivity index (χ2v) is 4.42. The summed E-state index contributed by atoms with van der Waals surface area (Å²) in [4.78, 5) is 15.5. The van der Waals surface area contributed by atoms with Gasteiger partial charge in [-0.3, -0.25) is 9.78 Å². The zero-order valence-electron chi connectivity index (χ0n) is 9.68. The Kier molecular flexibility index (Phi) is 4.49. The Hall–Kier alpha value is -1.91. The predicted molar refractivity (Wildman–Crippen MR) is 75.8 cm³/mol. The maximum atomic E-state index is 11.7. The van der Waals surface area contributed by atoms with Crippen molar-refractivity contribution in [3.8, 4) is 0 Å². The Morgan fingerprint density at radius 1 is 1.16 bits per heavy atom. The molecule has 2 aromatic rings. The van der Waals surface area contributed by atoms with Crippen LogP contribution in [0, 0.1) is 0 Å². The van der Waals surface area contributed by atoms with E-state index in [-0.39, 0.29) is 5.91 Å². The summed E-state index contributed by atoms with van der Waals surface area (Å²) in [6, 6.07) is 8.27. The highest BCUT2D eigenvalue weighted by atomic mass is 35.5. The van der Waals surface area contributed by atoms with E-state index in [2.05, 4.69) is 15.5 Å². The summed E-state index contributed by atoms with van der Waals surface area (Å²) < 4.78 is 0. The Labute approximate surface area is 120 Å². The van der Waals surface area contributed by atoms with Crippen molar-refractivity contribution in [3.63, 3.8) is 0 Å². The summed E-state index contributed by atoms with van der Waals surface area (Å²) in [6.45, 7) is 0. The molecule has 0 fully saturated rings. The number of amides is 1. The summed E-state index contributed by atoms with van der Waals surface area (Å²) in [5, 5.41) is 4.75. The van der Waals surface area contributed by atoms with Crippen LogP contribution in [0.5, 0.6) is 0 Å². The van der Waals surface area contributed by atoms with Crippen molar-refractivity contribution in [2.45, 2.75) is 0 Å². The van der Waals surface area contributed by atoms with Gasteiger partial charge in [-0.1, -0.05) is 29.3 Å². The Morgan fingerprint density at radius 3 is 2.58 bits per heavy atom. The van der Waals surface area contributed by atoms with E-state index in [1.165, 1.54) is 18.6 Å². The highest BCUT2D eigenvalue weighted by Crippen LogP contribution is 2.21. The molecule has 0 bridgehead atoms. The highest BCUT2D eigenvalue weighted by molar-refractivity contribution is 6.42. The zero-order chi connectivity index (χ0) is 13.7. The van der Waals surface area contributed by atoms with Crippen LogP contribution < -0.4 is 5.43 Å². The van der Waals surface area contributed by atoms with Crippen LogP contribution in [0.2, 0.25) is 10.0 Å². The molecular weight excluding hydrogens is 285 g/mol. The average Bonchev–Trinajstić information content (AvgIpc) is 2.43. The molecule has 19 heavy (non-hydrogen) atoms.